The first-order valence-electron chi connectivity index (χ1n) is 4.82. The molecule has 1 aliphatic rings. The molecular weight excluding hydrogens is 219 g/mol. The Kier molecular flexibility index (Phi) is 2.52. The van der Waals surface area contributed by atoms with Crippen LogP contribution >= 0.6 is 23.2 Å². The number of aromatic nitrogens is 2. The highest BCUT2D eigenvalue weighted by molar-refractivity contribution is 6.30. The van der Waals surface area contributed by atoms with Gasteiger partial charge in [-0.05, 0) is 31.6 Å². The van der Waals surface area contributed by atoms with Crippen molar-refractivity contribution in [2.24, 2.45) is 12.5 Å². The number of halogens is 2. The van der Waals surface area contributed by atoms with Crippen molar-refractivity contribution < 1.29 is 0 Å². The van der Waals surface area contributed by atoms with Gasteiger partial charge in [-0.1, -0.05) is 11.6 Å². The summed E-state index contributed by atoms with van der Waals surface area (Å²) >= 11 is 12.1. The van der Waals surface area contributed by atoms with Crippen LogP contribution in [0.4, 0.5) is 0 Å². The molecule has 0 radical (unpaired) electrons. The van der Waals surface area contributed by atoms with Crippen LogP contribution in [0.1, 0.15) is 24.1 Å². The molecule has 0 unspecified atom stereocenters. The molecule has 1 aromatic heterocycles. The minimum Gasteiger partial charge on any atom is -0.257 e. The fourth-order valence-electron chi connectivity index (χ4n) is 1.78. The molecule has 1 heterocycles. The van der Waals surface area contributed by atoms with Crippen LogP contribution in [0.2, 0.25) is 5.15 Å². The summed E-state index contributed by atoms with van der Waals surface area (Å²) < 4.78 is 1.73. The zero-order chi connectivity index (χ0) is 10.3. The second kappa shape index (κ2) is 3.42. The molecule has 0 aliphatic heterocycles. The van der Waals surface area contributed by atoms with Crippen molar-refractivity contribution in [3.63, 3.8) is 0 Å². The van der Waals surface area contributed by atoms with Gasteiger partial charge in [-0.15, -0.1) is 11.6 Å². The van der Waals surface area contributed by atoms with Crippen molar-refractivity contribution in [1.29, 1.82) is 0 Å². The number of rotatable bonds is 3. The first-order valence-corrected chi connectivity index (χ1v) is 5.73. The molecule has 1 aliphatic carbocycles. The van der Waals surface area contributed by atoms with Gasteiger partial charge in [-0.2, -0.15) is 5.10 Å². The summed E-state index contributed by atoms with van der Waals surface area (Å²) in [6, 6.07) is 0. The molecule has 0 saturated heterocycles. The van der Waals surface area contributed by atoms with Gasteiger partial charge in [0.2, 0.25) is 0 Å². The third-order valence-electron chi connectivity index (χ3n) is 3.06. The lowest BCUT2D eigenvalue weighted by molar-refractivity contribution is 0.576. The number of alkyl halides is 1. The van der Waals surface area contributed by atoms with E-state index in [2.05, 4.69) is 5.10 Å². The maximum atomic E-state index is 6.16. The molecule has 0 aromatic carbocycles. The molecule has 1 aromatic rings. The Balaban J connectivity index is 2.24. The Bertz CT molecular complexity index is 353. The van der Waals surface area contributed by atoms with Gasteiger partial charge in [0.25, 0.3) is 0 Å². The van der Waals surface area contributed by atoms with Gasteiger partial charge in [0, 0.05) is 18.5 Å². The van der Waals surface area contributed by atoms with Crippen LogP contribution in [0.15, 0.2) is 0 Å². The Morgan fingerprint density at radius 3 is 2.50 bits per heavy atom. The zero-order valence-corrected chi connectivity index (χ0v) is 9.99. The number of aryl methyl sites for hydroxylation is 2. The van der Waals surface area contributed by atoms with Gasteiger partial charge in [0.15, 0.2) is 0 Å². The Labute approximate surface area is 94.2 Å². The third kappa shape index (κ3) is 1.66. The van der Waals surface area contributed by atoms with E-state index in [1.165, 1.54) is 18.4 Å². The maximum absolute atomic E-state index is 6.16. The first-order chi connectivity index (χ1) is 6.58. The number of nitrogens with zero attached hydrogens (tertiary/aromatic N) is 2. The minimum atomic E-state index is 0.318. The third-order valence-corrected chi connectivity index (χ3v) is 4.10. The summed E-state index contributed by atoms with van der Waals surface area (Å²) in [7, 11) is 1.87. The van der Waals surface area contributed by atoms with Crippen LogP contribution in [-0.2, 0) is 13.5 Å². The maximum Gasteiger partial charge on any atom is 0.130 e. The lowest BCUT2D eigenvalue weighted by atomic mass is 9.99. The standard InChI is InChI=1S/C10H14Cl2N2/c1-7-8(9(12)14(2)13-7)5-10(6-11)3-4-10/h3-6H2,1-2H3. The normalized spacial score (nSPS) is 18.6. The van der Waals surface area contributed by atoms with Gasteiger partial charge in [0.1, 0.15) is 5.15 Å². The second-order valence-electron chi connectivity index (χ2n) is 4.29. The lowest BCUT2D eigenvalue weighted by Gasteiger charge is -2.10. The SMILES string of the molecule is Cc1nn(C)c(Cl)c1CC1(CCl)CC1. The van der Waals surface area contributed by atoms with Gasteiger partial charge in [0.05, 0.1) is 5.69 Å². The van der Waals surface area contributed by atoms with E-state index in [0.717, 1.165) is 23.1 Å². The molecule has 0 bridgehead atoms. The predicted octanol–water partition coefficient (Wildman–Crippen LogP) is 2.94. The van der Waals surface area contributed by atoms with Gasteiger partial charge >= 0.3 is 0 Å². The Morgan fingerprint density at radius 1 is 1.50 bits per heavy atom. The second-order valence-corrected chi connectivity index (χ2v) is 4.91. The van der Waals surface area contributed by atoms with E-state index in [9.17, 15) is 0 Å². The van der Waals surface area contributed by atoms with Gasteiger partial charge in [-0.3, -0.25) is 4.68 Å². The average molecular weight is 233 g/mol. The monoisotopic (exact) mass is 232 g/mol. The summed E-state index contributed by atoms with van der Waals surface area (Å²) in [5.74, 6) is 0.734. The van der Waals surface area contributed by atoms with E-state index in [1.807, 2.05) is 14.0 Å². The smallest absolute Gasteiger partial charge is 0.130 e. The van der Waals surface area contributed by atoms with Crippen molar-refractivity contribution in [2.45, 2.75) is 26.2 Å². The number of hydrogen-bond donors (Lipinski definition) is 0. The van der Waals surface area contributed by atoms with Crippen molar-refractivity contribution in [1.82, 2.24) is 9.78 Å². The molecule has 0 atom stereocenters. The summed E-state index contributed by atoms with van der Waals surface area (Å²) in [6.07, 6.45) is 3.43. The largest absolute Gasteiger partial charge is 0.257 e. The Morgan fingerprint density at radius 2 is 2.14 bits per heavy atom. The van der Waals surface area contributed by atoms with E-state index in [0.29, 0.717) is 5.41 Å². The topological polar surface area (TPSA) is 17.8 Å². The van der Waals surface area contributed by atoms with E-state index < -0.39 is 0 Å². The van der Waals surface area contributed by atoms with Crippen molar-refractivity contribution in [3.8, 4) is 0 Å². The van der Waals surface area contributed by atoms with E-state index in [4.69, 9.17) is 23.2 Å². The number of hydrogen-bond acceptors (Lipinski definition) is 1. The molecule has 78 valence electrons. The summed E-state index contributed by atoms with van der Waals surface area (Å²) in [6.45, 7) is 2.01. The Hall–Kier alpha value is -0.210. The molecule has 4 heteroatoms. The lowest BCUT2D eigenvalue weighted by Crippen LogP contribution is -2.07. The van der Waals surface area contributed by atoms with Crippen molar-refractivity contribution in [3.05, 3.63) is 16.4 Å². The molecule has 14 heavy (non-hydrogen) atoms. The van der Waals surface area contributed by atoms with Gasteiger partial charge < -0.3 is 0 Å². The molecule has 2 nitrogen and oxygen atoms in total. The highest BCUT2D eigenvalue weighted by Gasteiger charge is 2.42. The fraction of sp³-hybridized carbons (Fsp3) is 0.700. The van der Waals surface area contributed by atoms with Crippen LogP contribution in [0, 0.1) is 12.3 Å². The van der Waals surface area contributed by atoms with Crippen LogP contribution in [0.3, 0.4) is 0 Å². The zero-order valence-electron chi connectivity index (χ0n) is 8.48. The molecule has 0 spiro atoms. The fourth-order valence-corrected chi connectivity index (χ4v) is 2.39. The highest BCUT2D eigenvalue weighted by atomic mass is 35.5. The average Bonchev–Trinajstić information content (AvgIpc) is 2.88. The summed E-state index contributed by atoms with van der Waals surface area (Å²) in [4.78, 5) is 0. The van der Waals surface area contributed by atoms with Crippen LogP contribution in [0.5, 0.6) is 0 Å². The summed E-state index contributed by atoms with van der Waals surface area (Å²) in [5.41, 5.74) is 2.53. The molecular formula is C10H14Cl2N2. The van der Waals surface area contributed by atoms with E-state index in [1.54, 1.807) is 4.68 Å². The van der Waals surface area contributed by atoms with Crippen molar-refractivity contribution >= 4 is 23.2 Å². The van der Waals surface area contributed by atoms with Gasteiger partial charge in [-0.25, -0.2) is 0 Å². The predicted molar refractivity (Wildman–Crippen MR) is 59.0 cm³/mol. The van der Waals surface area contributed by atoms with E-state index >= 15 is 0 Å². The molecule has 0 N–H and O–H groups in total. The van der Waals surface area contributed by atoms with Crippen LogP contribution in [0.25, 0.3) is 0 Å². The summed E-state index contributed by atoms with van der Waals surface area (Å²) in [5, 5.41) is 5.06. The quantitative estimate of drug-likeness (QED) is 0.734. The molecule has 0 amide bonds. The van der Waals surface area contributed by atoms with Crippen molar-refractivity contribution in [2.75, 3.05) is 5.88 Å². The van der Waals surface area contributed by atoms with Crippen LogP contribution < -0.4 is 0 Å². The van der Waals surface area contributed by atoms with E-state index in [-0.39, 0.29) is 0 Å². The molecule has 1 saturated carbocycles. The molecule has 1 fully saturated rings. The highest BCUT2D eigenvalue weighted by Crippen LogP contribution is 2.50. The minimum absolute atomic E-state index is 0.318. The first kappa shape index (κ1) is 10.3. The molecule has 2 rings (SSSR count). The van der Waals surface area contributed by atoms with Crippen LogP contribution in [-0.4, -0.2) is 15.7 Å².